The molecule has 9 heteroatoms. The number of carbonyl (C=O) groups excluding carboxylic acids is 1. The van der Waals surface area contributed by atoms with E-state index in [9.17, 15) is 31.1 Å². The molecule has 1 aromatic carbocycles. The molecule has 1 rings (SSSR count). The number of hydrogen-bond acceptors (Lipinski definition) is 2. The highest BCUT2D eigenvalue weighted by atomic mass is 19.4. The van der Waals surface area contributed by atoms with E-state index in [0.717, 1.165) is 12.2 Å². The van der Waals surface area contributed by atoms with Crippen molar-refractivity contribution >= 4 is 12.2 Å². The first-order chi connectivity index (χ1) is 11.2. The van der Waals surface area contributed by atoms with Crippen LogP contribution in [-0.4, -0.2) is 18.2 Å². The molecule has 140 valence electrons. The summed E-state index contributed by atoms with van der Waals surface area (Å²) in [6.45, 7) is 4.67. The zero-order chi connectivity index (χ0) is 19.5. The molecule has 0 fully saturated rings. The van der Waals surface area contributed by atoms with Crippen LogP contribution in [0.2, 0.25) is 0 Å². The second-order valence-corrected chi connectivity index (χ2v) is 6.08. The first-order valence-electron chi connectivity index (χ1n) is 7.12. The summed E-state index contributed by atoms with van der Waals surface area (Å²) < 4.78 is 81.6. The van der Waals surface area contributed by atoms with Gasteiger partial charge in [-0.05, 0) is 44.5 Å². The number of alkyl halides is 6. The van der Waals surface area contributed by atoms with Crippen LogP contribution in [0.5, 0.6) is 0 Å². The van der Waals surface area contributed by atoms with Crippen LogP contribution in [0.3, 0.4) is 0 Å². The second-order valence-electron chi connectivity index (χ2n) is 6.08. The van der Waals surface area contributed by atoms with Gasteiger partial charge in [-0.15, -0.1) is 0 Å². The fourth-order valence-corrected chi connectivity index (χ4v) is 1.78. The fraction of sp³-hybridized carbons (Fsp3) is 0.438. The number of nitrogens with one attached hydrogen (secondary N) is 1. The number of hydrogen-bond donors (Lipinski definition) is 1. The summed E-state index contributed by atoms with van der Waals surface area (Å²) in [5, 5.41) is 2.26. The molecule has 0 bridgehead atoms. The quantitative estimate of drug-likeness (QED) is 0.738. The SMILES string of the molecule is CC(C)(C)OC(=O)NCC=Cc1cc(C(F)(F)F)ccc1C(F)(F)F. The average Bonchev–Trinajstić information content (AvgIpc) is 2.39. The van der Waals surface area contributed by atoms with Gasteiger partial charge in [0.25, 0.3) is 0 Å². The Morgan fingerprint density at radius 3 is 2.16 bits per heavy atom. The van der Waals surface area contributed by atoms with Gasteiger partial charge in [-0.1, -0.05) is 12.2 Å². The van der Waals surface area contributed by atoms with E-state index in [1.165, 1.54) is 0 Å². The molecule has 1 N–H and O–H groups in total. The summed E-state index contributed by atoms with van der Waals surface area (Å²) in [6.07, 6.45) is -8.38. The van der Waals surface area contributed by atoms with Crippen molar-refractivity contribution in [3.8, 4) is 0 Å². The largest absolute Gasteiger partial charge is 0.444 e. The van der Waals surface area contributed by atoms with E-state index in [4.69, 9.17) is 4.74 Å². The lowest BCUT2D eigenvalue weighted by Gasteiger charge is -2.19. The third kappa shape index (κ3) is 7.06. The van der Waals surface area contributed by atoms with E-state index in [1.807, 2.05) is 0 Å². The summed E-state index contributed by atoms with van der Waals surface area (Å²) in [4.78, 5) is 11.4. The van der Waals surface area contributed by atoms with Crippen molar-refractivity contribution in [3.63, 3.8) is 0 Å². The molecule has 0 atom stereocenters. The monoisotopic (exact) mass is 369 g/mol. The second kappa shape index (κ2) is 7.37. The molecule has 0 saturated carbocycles. The first kappa shape index (κ1) is 20.9. The minimum Gasteiger partial charge on any atom is -0.444 e. The molecule has 25 heavy (non-hydrogen) atoms. The molecule has 0 aliphatic heterocycles. The average molecular weight is 369 g/mol. The minimum absolute atomic E-state index is 0.206. The van der Waals surface area contributed by atoms with Gasteiger partial charge in [0.1, 0.15) is 5.60 Å². The Morgan fingerprint density at radius 2 is 1.68 bits per heavy atom. The van der Waals surface area contributed by atoms with E-state index in [0.29, 0.717) is 18.2 Å². The van der Waals surface area contributed by atoms with Crippen molar-refractivity contribution in [2.75, 3.05) is 6.54 Å². The minimum atomic E-state index is -4.80. The van der Waals surface area contributed by atoms with Crippen LogP contribution in [0.25, 0.3) is 6.08 Å². The third-order valence-corrected chi connectivity index (χ3v) is 2.74. The first-order valence-corrected chi connectivity index (χ1v) is 7.12. The maximum atomic E-state index is 12.9. The van der Waals surface area contributed by atoms with Gasteiger partial charge in [0, 0.05) is 6.54 Å². The zero-order valence-corrected chi connectivity index (χ0v) is 13.7. The van der Waals surface area contributed by atoms with Gasteiger partial charge in [-0.25, -0.2) is 4.79 Å². The molecule has 0 spiro atoms. The molecule has 0 saturated heterocycles. The van der Waals surface area contributed by atoms with E-state index >= 15 is 0 Å². The summed E-state index contributed by atoms with van der Waals surface area (Å²) >= 11 is 0. The zero-order valence-electron chi connectivity index (χ0n) is 13.7. The molecule has 0 aromatic heterocycles. The summed E-state index contributed by atoms with van der Waals surface area (Å²) in [7, 11) is 0. The molecule has 1 aromatic rings. The van der Waals surface area contributed by atoms with E-state index in [-0.39, 0.29) is 6.54 Å². The Hall–Kier alpha value is -2.19. The standard InChI is InChI=1S/C16H17F6NO2/c1-14(2,3)25-13(24)23-8-4-5-10-9-11(15(17,18)19)6-7-12(10)16(20,21)22/h4-7,9H,8H2,1-3H3,(H,23,24). The van der Waals surface area contributed by atoms with Gasteiger partial charge < -0.3 is 10.1 Å². The van der Waals surface area contributed by atoms with E-state index in [1.54, 1.807) is 20.8 Å². The number of alkyl carbamates (subject to hydrolysis) is 1. The topological polar surface area (TPSA) is 38.3 Å². The van der Waals surface area contributed by atoms with Gasteiger partial charge >= 0.3 is 18.4 Å². The van der Waals surface area contributed by atoms with Gasteiger partial charge in [0.15, 0.2) is 0 Å². The van der Waals surface area contributed by atoms with Crippen LogP contribution in [0.4, 0.5) is 31.1 Å². The molecule has 3 nitrogen and oxygen atoms in total. The number of rotatable bonds is 3. The van der Waals surface area contributed by atoms with Gasteiger partial charge in [0.2, 0.25) is 0 Å². The molecule has 0 unspecified atom stereocenters. The van der Waals surface area contributed by atoms with Gasteiger partial charge in [-0.2, -0.15) is 26.3 Å². The maximum Gasteiger partial charge on any atom is 0.416 e. The lowest BCUT2D eigenvalue weighted by atomic mass is 10.0. The van der Waals surface area contributed by atoms with E-state index in [2.05, 4.69) is 5.32 Å². The third-order valence-electron chi connectivity index (χ3n) is 2.74. The maximum absolute atomic E-state index is 12.9. The van der Waals surface area contributed by atoms with Crippen molar-refractivity contribution in [1.82, 2.24) is 5.32 Å². The number of carbonyl (C=O) groups is 1. The molecule has 0 heterocycles. The Morgan fingerprint density at radius 1 is 1.08 bits per heavy atom. The summed E-state index contributed by atoms with van der Waals surface area (Å²) in [5.74, 6) is 0. The van der Waals surface area contributed by atoms with Crippen LogP contribution >= 0.6 is 0 Å². The molecular formula is C16H17F6NO2. The molecular weight excluding hydrogens is 352 g/mol. The number of benzene rings is 1. The van der Waals surface area contributed by atoms with Crippen molar-refractivity contribution in [2.45, 2.75) is 38.7 Å². The van der Waals surface area contributed by atoms with Gasteiger partial charge in [0.05, 0.1) is 11.1 Å². The van der Waals surface area contributed by atoms with Crippen molar-refractivity contribution < 1.29 is 35.9 Å². The highest BCUT2D eigenvalue weighted by Gasteiger charge is 2.36. The predicted octanol–water partition coefficient (Wildman–Crippen LogP) is 5.26. The fourth-order valence-electron chi connectivity index (χ4n) is 1.78. The number of ether oxygens (including phenoxy) is 1. The Bertz CT molecular complexity index is 641. The van der Waals surface area contributed by atoms with E-state index < -0.39 is 40.7 Å². The normalized spacial score (nSPS) is 13.2. The van der Waals surface area contributed by atoms with Crippen LogP contribution < -0.4 is 5.32 Å². The number of amides is 1. The number of halogens is 6. The lowest BCUT2D eigenvalue weighted by Crippen LogP contribution is -2.32. The van der Waals surface area contributed by atoms with Crippen molar-refractivity contribution in [1.29, 1.82) is 0 Å². The molecule has 0 radical (unpaired) electrons. The highest BCUT2D eigenvalue weighted by molar-refractivity contribution is 5.68. The van der Waals surface area contributed by atoms with Crippen molar-refractivity contribution in [3.05, 3.63) is 41.0 Å². The lowest BCUT2D eigenvalue weighted by molar-refractivity contribution is -0.141. The van der Waals surface area contributed by atoms with Crippen LogP contribution in [0.1, 0.15) is 37.5 Å². The van der Waals surface area contributed by atoms with Crippen LogP contribution in [-0.2, 0) is 17.1 Å². The summed E-state index contributed by atoms with van der Waals surface area (Å²) in [6, 6.07) is 1.16. The summed E-state index contributed by atoms with van der Waals surface area (Å²) in [5.41, 5.74) is -3.79. The Kier molecular flexibility index (Phi) is 6.14. The van der Waals surface area contributed by atoms with Crippen LogP contribution in [0, 0.1) is 0 Å². The van der Waals surface area contributed by atoms with Crippen molar-refractivity contribution in [2.24, 2.45) is 0 Å². The molecule has 0 aliphatic rings. The van der Waals surface area contributed by atoms with Crippen LogP contribution in [0.15, 0.2) is 24.3 Å². The smallest absolute Gasteiger partial charge is 0.416 e. The molecule has 1 amide bonds. The highest BCUT2D eigenvalue weighted by Crippen LogP contribution is 2.36. The Balaban J connectivity index is 2.93. The predicted molar refractivity (Wildman–Crippen MR) is 79.7 cm³/mol. The molecule has 0 aliphatic carbocycles. The Labute approximate surface area is 140 Å². The van der Waals surface area contributed by atoms with Gasteiger partial charge in [-0.3, -0.25) is 0 Å².